The molecule has 27 heavy (non-hydrogen) atoms. The van der Waals surface area contributed by atoms with Crippen molar-refractivity contribution < 1.29 is 4.74 Å². The number of methoxy groups -OCH3 is 1. The molecule has 6 atom stereocenters. The lowest BCUT2D eigenvalue weighted by molar-refractivity contribution is -0.0301. The zero-order valence-corrected chi connectivity index (χ0v) is 17.1. The number of allylic oxidation sites excluding steroid dienone is 3. The molecular formula is C25H33NO. The molecule has 0 spiro atoms. The van der Waals surface area contributed by atoms with Crippen LogP contribution in [0.5, 0.6) is 0 Å². The summed E-state index contributed by atoms with van der Waals surface area (Å²) in [6.45, 7) is 5.12. The van der Waals surface area contributed by atoms with Gasteiger partial charge in [0, 0.05) is 19.5 Å². The predicted octanol–water partition coefficient (Wildman–Crippen LogP) is 6.05. The summed E-state index contributed by atoms with van der Waals surface area (Å²) in [5.41, 5.74) is 5.37. The number of nitrogens with zero attached hydrogens (tertiary/aromatic N) is 1. The van der Waals surface area contributed by atoms with Crippen LogP contribution in [0.1, 0.15) is 64.4 Å². The fourth-order valence-electron chi connectivity index (χ4n) is 7.37. The summed E-state index contributed by atoms with van der Waals surface area (Å²) >= 11 is 0. The van der Waals surface area contributed by atoms with Crippen LogP contribution in [-0.4, -0.2) is 18.2 Å². The van der Waals surface area contributed by atoms with E-state index in [9.17, 15) is 0 Å². The van der Waals surface area contributed by atoms with Gasteiger partial charge in [0.25, 0.3) is 0 Å². The Bertz CT molecular complexity index is 781. The lowest BCUT2D eigenvalue weighted by Gasteiger charge is -2.58. The van der Waals surface area contributed by atoms with Crippen molar-refractivity contribution in [3.8, 4) is 0 Å². The normalized spacial score (nSPS) is 43.2. The minimum atomic E-state index is 0.329. The fraction of sp³-hybridized carbons (Fsp3) is 0.640. The maximum Gasteiger partial charge on any atom is 0.0608 e. The van der Waals surface area contributed by atoms with Gasteiger partial charge in [-0.1, -0.05) is 37.6 Å². The van der Waals surface area contributed by atoms with Gasteiger partial charge in [0.2, 0.25) is 0 Å². The van der Waals surface area contributed by atoms with Crippen molar-refractivity contribution in [2.45, 2.75) is 64.9 Å². The second kappa shape index (κ2) is 6.30. The number of rotatable bonds is 2. The Morgan fingerprint density at radius 3 is 2.67 bits per heavy atom. The van der Waals surface area contributed by atoms with E-state index in [0.717, 1.165) is 24.2 Å². The van der Waals surface area contributed by atoms with Crippen molar-refractivity contribution >= 4 is 5.57 Å². The molecule has 1 heterocycles. The van der Waals surface area contributed by atoms with Crippen molar-refractivity contribution in [3.63, 3.8) is 0 Å². The van der Waals surface area contributed by atoms with Crippen LogP contribution in [0.25, 0.3) is 5.57 Å². The van der Waals surface area contributed by atoms with Crippen molar-refractivity contribution in [1.29, 1.82) is 0 Å². The standard InChI is InChI=1S/C25H33NO/c1-24-12-10-19(27-3)15-18(24)6-7-20-22-9-8-21(17-5-4-14-26-16-17)25(22,2)13-11-23(20)24/h4-6,8,14,16,19-20,22-23H,7,9-13,15H2,1-3H3/t19?,20?,22?,23-,24?,25?/m0/s1. The van der Waals surface area contributed by atoms with Crippen LogP contribution in [0.2, 0.25) is 0 Å². The number of fused-ring (bicyclic) bond motifs is 5. The van der Waals surface area contributed by atoms with E-state index in [-0.39, 0.29) is 0 Å². The zero-order chi connectivity index (χ0) is 18.6. The summed E-state index contributed by atoms with van der Waals surface area (Å²) in [4.78, 5) is 4.40. The monoisotopic (exact) mass is 363 g/mol. The molecule has 0 N–H and O–H groups in total. The summed E-state index contributed by atoms with van der Waals surface area (Å²) in [7, 11) is 1.88. The largest absolute Gasteiger partial charge is 0.381 e. The average molecular weight is 364 g/mol. The molecule has 5 unspecified atom stereocenters. The third-order valence-corrected chi connectivity index (χ3v) is 8.95. The number of pyridine rings is 1. The maximum atomic E-state index is 5.71. The summed E-state index contributed by atoms with van der Waals surface area (Å²) in [5.74, 6) is 2.48. The van der Waals surface area contributed by atoms with Gasteiger partial charge in [-0.3, -0.25) is 4.98 Å². The van der Waals surface area contributed by atoms with Crippen LogP contribution in [-0.2, 0) is 4.74 Å². The Kier molecular flexibility index (Phi) is 4.13. The van der Waals surface area contributed by atoms with Crippen molar-refractivity contribution in [1.82, 2.24) is 4.98 Å². The third-order valence-electron chi connectivity index (χ3n) is 8.95. The van der Waals surface area contributed by atoms with Crippen molar-refractivity contribution in [3.05, 3.63) is 47.8 Å². The topological polar surface area (TPSA) is 22.1 Å². The molecule has 4 aliphatic rings. The fourth-order valence-corrected chi connectivity index (χ4v) is 7.37. The highest BCUT2D eigenvalue weighted by Gasteiger charge is 2.56. The molecule has 0 aromatic carbocycles. The summed E-state index contributed by atoms with van der Waals surface area (Å²) in [6.07, 6.45) is 18.5. The average Bonchev–Trinajstić information content (AvgIpc) is 3.05. The maximum absolute atomic E-state index is 5.71. The molecule has 1 aromatic heterocycles. The summed E-state index contributed by atoms with van der Waals surface area (Å²) in [6, 6.07) is 4.34. The third kappa shape index (κ3) is 2.52. The van der Waals surface area contributed by atoms with Gasteiger partial charge in [0.15, 0.2) is 0 Å². The molecule has 2 heteroatoms. The Morgan fingerprint density at radius 1 is 1.04 bits per heavy atom. The summed E-state index contributed by atoms with van der Waals surface area (Å²) in [5, 5.41) is 0. The van der Waals surface area contributed by atoms with Crippen LogP contribution in [0, 0.1) is 28.6 Å². The molecule has 2 saturated carbocycles. The van der Waals surface area contributed by atoms with Crippen LogP contribution < -0.4 is 0 Å². The lowest BCUT2D eigenvalue weighted by atomic mass is 9.47. The van der Waals surface area contributed by atoms with Gasteiger partial charge in [-0.15, -0.1) is 0 Å². The number of hydrogen-bond donors (Lipinski definition) is 0. The van der Waals surface area contributed by atoms with E-state index < -0.39 is 0 Å². The Morgan fingerprint density at radius 2 is 1.89 bits per heavy atom. The van der Waals surface area contributed by atoms with Crippen LogP contribution in [0.3, 0.4) is 0 Å². The van der Waals surface area contributed by atoms with Crippen molar-refractivity contribution in [2.24, 2.45) is 28.6 Å². The van der Waals surface area contributed by atoms with Gasteiger partial charge in [0.1, 0.15) is 0 Å². The van der Waals surface area contributed by atoms with E-state index in [1.807, 2.05) is 13.3 Å². The molecule has 0 amide bonds. The molecule has 5 rings (SSSR count). The first-order valence-electron chi connectivity index (χ1n) is 10.9. The Hall–Kier alpha value is -1.41. The van der Waals surface area contributed by atoms with Gasteiger partial charge in [-0.05, 0) is 90.7 Å². The minimum absolute atomic E-state index is 0.329. The molecule has 2 fully saturated rings. The smallest absolute Gasteiger partial charge is 0.0608 e. The Labute approximate surface area is 164 Å². The molecular weight excluding hydrogens is 330 g/mol. The van der Waals surface area contributed by atoms with Crippen LogP contribution in [0.15, 0.2) is 42.3 Å². The highest BCUT2D eigenvalue weighted by molar-refractivity contribution is 5.72. The zero-order valence-electron chi connectivity index (χ0n) is 17.1. The van der Waals surface area contributed by atoms with E-state index >= 15 is 0 Å². The van der Waals surface area contributed by atoms with E-state index in [4.69, 9.17) is 4.74 Å². The summed E-state index contributed by atoms with van der Waals surface area (Å²) < 4.78 is 5.71. The lowest BCUT2D eigenvalue weighted by Crippen LogP contribution is -2.49. The van der Waals surface area contributed by atoms with Gasteiger partial charge < -0.3 is 4.74 Å². The van der Waals surface area contributed by atoms with Crippen LogP contribution in [0.4, 0.5) is 0 Å². The number of aromatic nitrogens is 1. The van der Waals surface area contributed by atoms with Gasteiger partial charge in [0.05, 0.1) is 6.10 Å². The molecule has 4 aliphatic carbocycles. The Balaban J connectivity index is 1.45. The van der Waals surface area contributed by atoms with E-state index in [1.165, 1.54) is 44.1 Å². The molecule has 0 bridgehead atoms. The second-order valence-electron chi connectivity index (χ2n) is 9.91. The number of hydrogen-bond acceptors (Lipinski definition) is 2. The molecule has 144 valence electrons. The van der Waals surface area contributed by atoms with Gasteiger partial charge in [-0.2, -0.15) is 0 Å². The molecule has 0 radical (unpaired) electrons. The second-order valence-corrected chi connectivity index (χ2v) is 9.91. The predicted molar refractivity (Wildman–Crippen MR) is 110 cm³/mol. The van der Waals surface area contributed by atoms with Gasteiger partial charge >= 0.3 is 0 Å². The first-order valence-corrected chi connectivity index (χ1v) is 10.9. The van der Waals surface area contributed by atoms with E-state index in [1.54, 1.807) is 11.1 Å². The molecule has 0 saturated heterocycles. The first-order chi connectivity index (χ1) is 13.1. The molecule has 2 nitrogen and oxygen atoms in total. The molecule has 0 aliphatic heterocycles. The first kappa shape index (κ1) is 17.7. The van der Waals surface area contributed by atoms with Gasteiger partial charge in [-0.25, -0.2) is 0 Å². The SMILES string of the molecule is COC1CCC2(C)C(=CCC3C4CC=C(c5cccnc5)C4(C)CC[C@@H]32)C1. The molecule has 1 aromatic rings. The van der Waals surface area contributed by atoms with E-state index in [2.05, 4.69) is 49.3 Å². The quantitative estimate of drug-likeness (QED) is 0.596. The minimum Gasteiger partial charge on any atom is -0.381 e. The van der Waals surface area contributed by atoms with Crippen LogP contribution >= 0.6 is 0 Å². The van der Waals surface area contributed by atoms with Crippen molar-refractivity contribution in [2.75, 3.05) is 7.11 Å². The number of ether oxygens (including phenoxy) is 1. The highest BCUT2D eigenvalue weighted by Crippen LogP contribution is 2.66. The van der Waals surface area contributed by atoms with E-state index in [0.29, 0.717) is 16.9 Å². The highest BCUT2D eigenvalue weighted by atomic mass is 16.5.